The van der Waals surface area contributed by atoms with Crippen molar-refractivity contribution in [2.45, 2.75) is 57.0 Å². The van der Waals surface area contributed by atoms with Crippen molar-refractivity contribution in [2.75, 3.05) is 11.9 Å². The molecule has 0 spiro atoms. The standard InChI is InChI=1S/C26H30FN5O2/c1-25-6-7-26(2,32-25)14-17(13-25)15-29-23-4-3-21(30-31-23)19-12-20(27)18(11-22(19)33)9-16-5-8-28-24(34)10-16/h3-5,8,10-12,17,32-33H,6-7,9,13-15H2,1-2H3,(H,28,34)(H,29,31). The summed E-state index contributed by atoms with van der Waals surface area (Å²) in [6.45, 7) is 5.46. The Kier molecular flexibility index (Phi) is 5.64. The number of phenols is 1. The van der Waals surface area contributed by atoms with E-state index >= 15 is 0 Å². The lowest BCUT2D eigenvalue weighted by Gasteiger charge is -2.42. The normalized spacial score (nSPS) is 25.9. The number of aromatic nitrogens is 3. The zero-order chi connectivity index (χ0) is 23.9. The number of piperidine rings is 1. The Hall–Kier alpha value is -3.26. The van der Waals surface area contributed by atoms with Crippen molar-refractivity contribution in [3.8, 4) is 17.0 Å². The highest BCUT2D eigenvalue weighted by Gasteiger charge is 2.48. The molecule has 3 aromatic rings. The molecule has 4 heterocycles. The highest BCUT2D eigenvalue weighted by Crippen LogP contribution is 2.44. The summed E-state index contributed by atoms with van der Waals surface area (Å²) in [5.41, 5.74) is 1.83. The van der Waals surface area contributed by atoms with Gasteiger partial charge in [-0.3, -0.25) is 4.79 Å². The number of fused-ring (bicyclic) bond motifs is 2. The minimum atomic E-state index is -0.473. The first-order valence-electron chi connectivity index (χ1n) is 11.8. The van der Waals surface area contributed by atoms with Crippen LogP contribution in [0.25, 0.3) is 11.3 Å². The van der Waals surface area contributed by atoms with E-state index in [1.165, 1.54) is 37.2 Å². The maximum absolute atomic E-state index is 14.8. The second-order valence-corrected chi connectivity index (χ2v) is 10.4. The van der Waals surface area contributed by atoms with Gasteiger partial charge in [0.2, 0.25) is 5.56 Å². The van der Waals surface area contributed by atoms with Crippen molar-refractivity contribution in [2.24, 2.45) is 5.92 Å². The SMILES string of the molecule is CC12CCC(C)(CC(CNc3ccc(-c4cc(F)c(Cc5cc[nH]c(=O)c5)cc4O)nn3)C1)N2. The van der Waals surface area contributed by atoms with Gasteiger partial charge >= 0.3 is 0 Å². The van der Waals surface area contributed by atoms with E-state index in [0.29, 0.717) is 28.6 Å². The molecular weight excluding hydrogens is 433 g/mol. The first-order valence-corrected chi connectivity index (χ1v) is 11.8. The van der Waals surface area contributed by atoms with Crippen molar-refractivity contribution in [1.29, 1.82) is 0 Å². The fraction of sp³-hybridized carbons (Fsp3) is 0.423. The van der Waals surface area contributed by atoms with Gasteiger partial charge in [-0.05, 0) is 86.9 Å². The number of halogens is 1. The van der Waals surface area contributed by atoms with Gasteiger partial charge in [-0.1, -0.05) is 0 Å². The van der Waals surface area contributed by atoms with Crippen molar-refractivity contribution < 1.29 is 9.50 Å². The first-order chi connectivity index (χ1) is 16.2. The molecule has 2 unspecified atom stereocenters. The van der Waals surface area contributed by atoms with E-state index < -0.39 is 5.82 Å². The summed E-state index contributed by atoms with van der Waals surface area (Å²) in [5, 5.41) is 26.2. The van der Waals surface area contributed by atoms with Crippen LogP contribution >= 0.6 is 0 Å². The van der Waals surface area contributed by atoms with Crippen LogP contribution in [0.4, 0.5) is 10.2 Å². The van der Waals surface area contributed by atoms with Crippen molar-refractivity contribution in [3.05, 3.63) is 69.9 Å². The number of benzene rings is 1. The maximum atomic E-state index is 14.8. The van der Waals surface area contributed by atoms with Crippen LogP contribution in [0.2, 0.25) is 0 Å². The molecule has 8 heteroatoms. The van der Waals surface area contributed by atoms with Crippen LogP contribution in [-0.4, -0.2) is 37.9 Å². The van der Waals surface area contributed by atoms with Crippen LogP contribution in [0.1, 0.15) is 50.7 Å². The van der Waals surface area contributed by atoms with Gasteiger partial charge in [0.15, 0.2) is 0 Å². The monoisotopic (exact) mass is 463 g/mol. The van der Waals surface area contributed by atoms with E-state index in [2.05, 4.69) is 39.7 Å². The number of aromatic amines is 1. The molecule has 2 saturated heterocycles. The van der Waals surface area contributed by atoms with E-state index in [4.69, 9.17) is 0 Å². The molecule has 0 aliphatic carbocycles. The predicted molar refractivity (Wildman–Crippen MR) is 129 cm³/mol. The molecule has 2 bridgehead atoms. The Morgan fingerprint density at radius 3 is 2.56 bits per heavy atom. The fourth-order valence-electron chi connectivity index (χ4n) is 5.79. The molecule has 2 aliphatic rings. The Morgan fingerprint density at radius 1 is 1.12 bits per heavy atom. The number of pyridine rings is 1. The Balaban J connectivity index is 1.26. The van der Waals surface area contributed by atoms with Crippen LogP contribution in [0, 0.1) is 11.7 Å². The number of hydrogen-bond acceptors (Lipinski definition) is 6. The molecule has 0 saturated carbocycles. The molecule has 0 amide bonds. The molecule has 178 valence electrons. The molecule has 2 fully saturated rings. The topological polar surface area (TPSA) is 103 Å². The Bertz CT molecular complexity index is 1240. The number of rotatable bonds is 6. The summed E-state index contributed by atoms with van der Waals surface area (Å²) in [6, 6.07) is 9.31. The number of nitrogens with zero attached hydrogens (tertiary/aromatic N) is 2. The lowest BCUT2D eigenvalue weighted by molar-refractivity contribution is 0.178. The minimum absolute atomic E-state index is 0.0806. The number of aromatic hydroxyl groups is 1. The second kappa shape index (κ2) is 8.51. The first kappa shape index (κ1) is 22.5. The van der Waals surface area contributed by atoms with Gasteiger partial charge in [0.25, 0.3) is 0 Å². The zero-order valence-electron chi connectivity index (χ0n) is 19.5. The van der Waals surface area contributed by atoms with E-state index in [1.54, 1.807) is 12.1 Å². The molecule has 34 heavy (non-hydrogen) atoms. The van der Waals surface area contributed by atoms with Crippen molar-refractivity contribution >= 4 is 5.82 Å². The van der Waals surface area contributed by atoms with Gasteiger partial charge in [-0.15, -0.1) is 10.2 Å². The maximum Gasteiger partial charge on any atom is 0.248 e. The van der Waals surface area contributed by atoms with E-state index in [1.807, 2.05) is 6.07 Å². The summed E-state index contributed by atoms with van der Waals surface area (Å²) in [6.07, 6.45) is 6.43. The Labute approximate surface area is 197 Å². The molecule has 5 rings (SSSR count). The predicted octanol–water partition coefficient (Wildman–Crippen LogP) is 3.99. The highest BCUT2D eigenvalue weighted by molar-refractivity contribution is 5.68. The molecule has 1 aromatic carbocycles. The third-order valence-corrected chi connectivity index (χ3v) is 7.22. The van der Waals surface area contributed by atoms with Crippen LogP contribution in [0.5, 0.6) is 5.75 Å². The van der Waals surface area contributed by atoms with Gasteiger partial charge in [-0.25, -0.2) is 4.39 Å². The quantitative estimate of drug-likeness (QED) is 0.441. The highest BCUT2D eigenvalue weighted by atomic mass is 19.1. The number of phenolic OH excluding ortho intramolecular Hbond substituents is 1. The van der Waals surface area contributed by atoms with Crippen LogP contribution in [0.3, 0.4) is 0 Å². The average Bonchev–Trinajstić information content (AvgIpc) is 3.02. The van der Waals surface area contributed by atoms with E-state index in [9.17, 15) is 14.3 Å². The van der Waals surface area contributed by atoms with Crippen LogP contribution < -0.4 is 16.2 Å². The van der Waals surface area contributed by atoms with Gasteiger partial charge in [0, 0.05) is 41.9 Å². The molecule has 4 N–H and O–H groups in total. The van der Waals surface area contributed by atoms with E-state index in [-0.39, 0.29) is 34.4 Å². The van der Waals surface area contributed by atoms with Crippen LogP contribution in [0.15, 0.2) is 47.4 Å². The summed E-state index contributed by atoms with van der Waals surface area (Å²) in [4.78, 5) is 14.0. The molecule has 7 nitrogen and oxygen atoms in total. The molecule has 2 atom stereocenters. The van der Waals surface area contributed by atoms with Crippen molar-refractivity contribution in [3.63, 3.8) is 0 Å². The average molecular weight is 464 g/mol. The summed E-state index contributed by atoms with van der Waals surface area (Å²) in [5.74, 6) is 0.671. The number of anilines is 1. The molecule has 2 aliphatic heterocycles. The number of nitrogens with one attached hydrogen (secondary N) is 3. The number of hydrogen-bond donors (Lipinski definition) is 4. The summed E-state index contributed by atoms with van der Waals surface area (Å²) < 4.78 is 14.8. The summed E-state index contributed by atoms with van der Waals surface area (Å²) >= 11 is 0. The lowest BCUT2D eigenvalue weighted by atomic mass is 9.80. The smallest absolute Gasteiger partial charge is 0.248 e. The van der Waals surface area contributed by atoms with Gasteiger partial charge in [-0.2, -0.15) is 0 Å². The third-order valence-electron chi connectivity index (χ3n) is 7.22. The third kappa shape index (κ3) is 4.68. The van der Waals surface area contributed by atoms with Crippen molar-refractivity contribution in [1.82, 2.24) is 20.5 Å². The molecule has 0 radical (unpaired) electrons. The van der Waals surface area contributed by atoms with E-state index in [0.717, 1.165) is 19.4 Å². The number of H-pyrrole nitrogens is 1. The summed E-state index contributed by atoms with van der Waals surface area (Å²) in [7, 11) is 0. The van der Waals surface area contributed by atoms with Crippen LogP contribution in [-0.2, 0) is 6.42 Å². The molecular formula is C26H30FN5O2. The largest absolute Gasteiger partial charge is 0.507 e. The zero-order valence-corrected chi connectivity index (χ0v) is 19.5. The Morgan fingerprint density at radius 2 is 1.88 bits per heavy atom. The lowest BCUT2D eigenvalue weighted by Crippen LogP contribution is -2.54. The van der Waals surface area contributed by atoms with Gasteiger partial charge < -0.3 is 20.7 Å². The molecule has 2 aromatic heterocycles. The minimum Gasteiger partial charge on any atom is -0.507 e. The van der Waals surface area contributed by atoms with Gasteiger partial charge in [0.05, 0.1) is 5.69 Å². The fourth-order valence-corrected chi connectivity index (χ4v) is 5.79. The second-order valence-electron chi connectivity index (χ2n) is 10.4. The van der Waals surface area contributed by atoms with Gasteiger partial charge in [0.1, 0.15) is 17.4 Å².